The third kappa shape index (κ3) is 5.35. The second-order valence-corrected chi connectivity index (χ2v) is 6.95. The topological polar surface area (TPSA) is 77.2 Å². The molecule has 7 nitrogen and oxygen atoms in total. The van der Waals surface area contributed by atoms with Crippen LogP contribution in [0.4, 0.5) is 0 Å². The van der Waals surface area contributed by atoms with E-state index in [9.17, 15) is 4.79 Å². The second-order valence-electron chi connectivity index (χ2n) is 6.95. The minimum atomic E-state index is -0.202. The van der Waals surface area contributed by atoms with Gasteiger partial charge in [0.2, 0.25) is 5.91 Å². The summed E-state index contributed by atoms with van der Waals surface area (Å²) >= 11 is 0. The molecule has 0 spiro atoms. The molecule has 0 radical (unpaired) electrons. The number of aliphatic imine (C=N–C) groups is 1. The van der Waals surface area contributed by atoms with Crippen molar-refractivity contribution in [2.45, 2.75) is 25.3 Å². The van der Waals surface area contributed by atoms with Crippen LogP contribution < -0.4 is 11.1 Å². The van der Waals surface area contributed by atoms with Gasteiger partial charge in [0.05, 0.1) is 0 Å². The summed E-state index contributed by atoms with van der Waals surface area (Å²) in [5.41, 5.74) is 5.35. The zero-order valence-corrected chi connectivity index (χ0v) is 14.8. The van der Waals surface area contributed by atoms with Gasteiger partial charge in [-0.05, 0) is 32.9 Å². The predicted molar refractivity (Wildman–Crippen MR) is 93.4 cm³/mol. The molecule has 0 aliphatic carbocycles. The lowest BCUT2D eigenvalue weighted by Crippen LogP contribution is -2.56. The van der Waals surface area contributed by atoms with Crippen molar-refractivity contribution in [3.8, 4) is 0 Å². The van der Waals surface area contributed by atoms with Gasteiger partial charge in [0.1, 0.15) is 0 Å². The normalized spacial score (nSPS) is 28.0. The summed E-state index contributed by atoms with van der Waals surface area (Å²) in [5, 5.41) is 3.53. The van der Waals surface area contributed by atoms with E-state index >= 15 is 0 Å². The maximum absolute atomic E-state index is 11.2. The number of likely N-dealkylation sites (N-methyl/N-ethyl adjacent to an activating group) is 2. The molecule has 2 aliphatic heterocycles. The van der Waals surface area contributed by atoms with Crippen LogP contribution in [0.3, 0.4) is 0 Å². The Bertz CT molecular complexity index is 427. The van der Waals surface area contributed by atoms with E-state index in [1.165, 1.54) is 0 Å². The van der Waals surface area contributed by atoms with Crippen molar-refractivity contribution >= 4 is 11.9 Å². The molecule has 2 rings (SSSR count). The molecule has 132 valence electrons. The van der Waals surface area contributed by atoms with Crippen molar-refractivity contribution in [3.63, 3.8) is 0 Å². The first kappa shape index (κ1) is 18.0. The molecule has 0 aromatic rings. The van der Waals surface area contributed by atoms with Crippen LogP contribution >= 0.6 is 0 Å². The number of piperidine rings is 1. The molecule has 23 heavy (non-hydrogen) atoms. The molecule has 3 N–H and O–H groups in total. The van der Waals surface area contributed by atoms with Crippen LogP contribution in [0.2, 0.25) is 0 Å². The quantitative estimate of drug-likeness (QED) is 0.533. The zero-order chi connectivity index (χ0) is 16.8. The maximum atomic E-state index is 11.2. The average molecular weight is 324 g/mol. The summed E-state index contributed by atoms with van der Waals surface area (Å²) in [4.78, 5) is 22.6. The Morgan fingerprint density at radius 2 is 2.04 bits per heavy atom. The van der Waals surface area contributed by atoms with Gasteiger partial charge < -0.3 is 20.9 Å². The summed E-state index contributed by atoms with van der Waals surface area (Å²) in [6.07, 6.45) is 2.64. The van der Waals surface area contributed by atoms with Crippen LogP contribution in [-0.2, 0) is 4.79 Å². The Labute approximate surface area is 139 Å². The molecule has 2 saturated heterocycles. The average Bonchev–Trinajstić information content (AvgIpc) is 2.51. The fourth-order valence-electron chi connectivity index (χ4n) is 3.57. The Kier molecular flexibility index (Phi) is 6.65. The molecule has 2 unspecified atom stereocenters. The van der Waals surface area contributed by atoms with E-state index in [4.69, 9.17) is 5.73 Å². The van der Waals surface area contributed by atoms with E-state index in [0.29, 0.717) is 18.4 Å². The third-order valence-corrected chi connectivity index (χ3v) is 5.00. The molecule has 2 aliphatic rings. The predicted octanol–water partition coefficient (Wildman–Crippen LogP) is -0.605. The lowest BCUT2D eigenvalue weighted by molar-refractivity contribution is -0.119. The van der Waals surface area contributed by atoms with E-state index < -0.39 is 0 Å². The number of carbonyl (C=O) groups excluding carboxylic acids is 1. The molecule has 0 aromatic heterocycles. The number of piperazine rings is 1. The minimum absolute atomic E-state index is 0.202. The van der Waals surface area contributed by atoms with E-state index in [1.807, 2.05) is 7.05 Å². The molecular weight excluding hydrogens is 292 g/mol. The molecular formula is C16H32N6O. The number of nitrogens with two attached hydrogens (primary N) is 1. The number of rotatable bonds is 4. The summed E-state index contributed by atoms with van der Waals surface area (Å²) in [6.45, 7) is 6.06. The van der Waals surface area contributed by atoms with Crippen molar-refractivity contribution in [1.29, 1.82) is 0 Å². The highest BCUT2D eigenvalue weighted by atomic mass is 16.1. The standard InChI is InChI=1S/C16H32N6O/c1-18-16(19-10-14-12-20(2)7-8-21(14)3)22-6-4-5-13(11-22)9-15(17)23/h13-14H,4-12H2,1-3H3,(H2,17,23)(H,18,19). The minimum Gasteiger partial charge on any atom is -0.370 e. The number of carbonyl (C=O) groups is 1. The lowest BCUT2D eigenvalue weighted by atomic mass is 9.95. The molecule has 0 saturated carbocycles. The fourth-order valence-corrected chi connectivity index (χ4v) is 3.57. The van der Waals surface area contributed by atoms with E-state index in [2.05, 4.69) is 39.1 Å². The molecule has 0 bridgehead atoms. The van der Waals surface area contributed by atoms with E-state index in [-0.39, 0.29) is 5.91 Å². The maximum Gasteiger partial charge on any atom is 0.217 e. The Balaban J connectivity index is 1.85. The van der Waals surface area contributed by atoms with Gasteiger partial charge in [-0.25, -0.2) is 0 Å². The van der Waals surface area contributed by atoms with Gasteiger partial charge in [-0.1, -0.05) is 0 Å². The first-order chi connectivity index (χ1) is 11.0. The summed E-state index contributed by atoms with van der Waals surface area (Å²) in [5.74, 6) is 1.09. The summed E-state index contributed by atoms with van der Waals surface area (Å²) in [6, 6.07) is 0.497. The van der Waals surface area contributed by atoms with Crippen LogP contribution in [0.5, 0.6) is 0 Å². The van der Waals surface area contributed by atoms with E-state index in [1.54, 1.807) is 0 Å². The van der Waals surface area contributed by atoms with Crippen molar-refractivity contribution in [1.82, 2.24) is 20.0 Å². The number of nitrogens with one attached hydrogen (secondary N) is 1. The number of hydrogen-bond donors (Lipinski definition) is 2. The van der Waals surface area contributed by atoms with Crippen LogP contribution in [0, 0.1) is 5.92 Å². The first-order valence-electron chi connectivity index (χ1n) is 8.62. The van der Waals surface area contributed by atoms with Crippen molar-refractivity contribution < 1.29 is 4.79 Å². The fraction of sp³-hybridized carbons (Fsp3) is 0.875. The van der Waals surface area contributed by atoms with Crippen LogP contribution in [-0.4, -0.2) is 93.0 Å². The number of nitrogens with zero attached hydrogens (tertiary/aromatic N) is 4. The van der Waals surface area contributed by atoms with E-state index in [0.717, 1.165) is 58.1 Å². The lowest BCUT2D eigenvalue weighted by Gasteiger charge is -2.39. The molecule has 2 heterocycles. The molecule has 2 fully saturated rings. The van der Waals surface area contributed by atoms with Crippen molar-refractivity contribution in [2.24, 2.45) is 16.6 Å². The molecule has 7 heteroatoms. The molecule has 1 amide bonds. The van der Waals surface area contributed by atoms with Gasteiger partial charge in [-0.15, -0.1) is 0 Å². The van der Waals surface area contributed by atoms with Gasteiger partial charge in [0.15, 0.2) is 5.96 Å². The van der Waals surface area contributed by atoms with Crippen molar-refractivity contribution in [3.05, 3.63) is 0 Å². The van der Waals surface area contributed by atoms with Gasteiger partial charge in [-0.3, -0.25) is 14.7 Å². The highest BCUT2D eigenvalue weighted by Crippen LogP contribution is 2.19. The summed E-state index contributed by atoms with van der Waals surface area (Å²) in [7, 11) is 6.19. The number of guanidine groups is 1. The van der Waals surface area contributed by atoms with Crippen LogP contribution in [0.25, 0.3) is 0 Å². The highest BCUT2D eigenvalue weighted by Gasteiger charge is 2.26. The number of primary amides is 1. The van der Waals surface area contributed by atoms with Crippen LogP contribution in [0.1, 0.15) is 19.3 Å². The monoisotopic (exact) mass is 324 g/mol. The van der Waals surface area contributed by atoms with Gasteiger partial charge in [-0.2, -0.15) is 0 Å². The highest BCUT2D eigenvalue weighted by molar-refractivity contribution is 5.80. The number of likely N-dealkylation sites (tertiary alicyclic amines) is 1. The smallest absolute Gasteiger partial charge is 0.217 e. The Morgan fingerprint density at radius 3 is 2.74 bits per heavy atom. The number of amides is 1. The molecule has 2 atom stereocenters. The largest absolute Gasteiger partial charge is 0.370 e. The Hall–Kier alpha value is -1.34. The Morgan fingerprint density at radius 1 is 1.26 bits per heavy atom. The summed E-state index contributed by atoms with van der Waals surface area (Å²) < 4.78 is 0. The second kappa shape index (κ2) is 8.49. The SMILES string of the molecule is CN=C(NCC1CN(C)CCN1C)N1CCCC(CC(N)=O)C1. The zero-order valence-electron chi connectivity index (χ0n) is 14.8. The molecule has 0 aromatic carbocycles. The van der Waals surface area contributed by atoms with Crippen LogP contribution in [0.15, 0.2) is 4.99 Å². The van der Waals surface area contributed by atoms with Gasteiger partial charge in [0, 0.05) is 58.8 Å². The van der Waals surface area contributed by atoms with Gasteiger partial charge >= 0.3 is 0 Å². The number of hydrogen-bond acceptors (Lipinski definition) is 4. The first-order valence-corrected chi connectivity index (χ1v) is 8.62. The van der Waals surface area contributed by atoms with Crippen molar-refractivity contribution in [2.75, 3.05) is 60.4 Å². The van der Waals surface area contributed by atoms with Gasteiger partial charge in [0.25, 0.3) is 0 Å². The third-order valence-electron chi connectivity index (χ3n) is 5.00.